The van der Waals surface area contributed by atoms with Gasteiger partial charge in [-0.2, -0.15) is 8.78 Å². The number of alkyl halides is 2. The molecule has 208 valence electrons. The van der Waals surface area contributed by atoms with Crippen molar-refractivity contribution in [2.24, 2.45) is 0 Å². The topological polar surface area (TPSA) is 95.0 Å². The first-order valence-corrected chi connectivity index (χ1v) is 12.0. The second-order valence-electron chi connectivity index (χ2n) is 9.50. The van der Waals surface area contributed by atoms with E-state index in [2.05, 4.69) is 15.3 Å². The second kappa shape index (κ2) is 11.7. The van der Waals surface area contributed by atoms with Crippen molar-refractivity contribution >= 4 is 16.7 Å². The van der Waals surface area contributed by atoms with Gasteiger partial charge in [0.15, 0.2) is 11.5 Å². The highest BCUT2D eigenvalue weighted by Gasteiger charge is 2.49. The van der Waals surface area contributed by atoms with Crippen molar-refractivity contribution in [2.75, 3.05) is 39.9 Å². The lowest BCUT2D eigenvalue weighted by atomic mass is 9.91. The third-order valence-electron chi connectivity index (χ3n) is 6.05. The van der Waals surface area contributed by atoms with Crippen LogP contribution in [-0.2, 0) is 15.4 Å². The summed E-state index contributed by atoms with van der Waals surface area (Å²) in [6.07, 6.45) is -0.424. The number of halogens is 3. The van der Waals surface area contributed by atoms with Crippen molar-refractivity contribution in [1.29, 1.82) is 0 Å². The molecule has 0 aliphatic carbocycles. The molecule has 0 unspecified atom stereocenters. The molecule has 2 N–H and O–H groups in total. The van der Waals surface area contributed by atoms with Gasteiger partial charge in [-0.15, -0.1) is 0 Å². The fourth-order valence-electron chi connectivity index (χ4n) is 4.02. The predicted octanol–water partition coefficient (Wildman–Crippen LogP) is 5.16. The normalized spacial score (nSPS) is 13.2. The molecule has 0 aliphatic rings. The van der Waals surface area contributed by atoms with Gasteiger partial charge < -0.3 is 29.4 Å². The fourth-order valence-corrected chi connectivity index (χ4v) is 4.02. The Kier molecular flexibility index (Phi) is 9.06. The van der Waals surface area contributed by atoms with Crippen LogP contribution in [0.25, 0.3) is 10.9 Å². The van der Waals surface area contributed by atoms with Gasteiger partial charge in [-0.25, -0.2) is 14.4 Å². The Labute approximate surface area is 220 Å². The van der Waals surface area contributed by atoms with Gasteiger partial charge in [0.2, 0.25) is 0 Å². The van der Waals surface area contributed by atoms with Crippen molar-refractivity contribution in [1.82, 2.24) is 9.97 Å². The van der Waals surface area contributed by atoms with Gasteiger partial charge in [-0.1, -0.05) is 12.1 Å². The van der Waals surface area contributed by atoms with E-state index in [4.69, 9.17) is 18.9 Å². The average Bonchev–Trinajstić information content (AvgIpc) is 2.83. The van der Waals surface area contributed by atoms with E-state index in [-0.39, 0.29) is 18.8 Å². The smallest absolute Gasteiger partial charge is 0.303 e. The number of rotatable bonds is 12. The van der Waals surface area contributed by atoms with Gasteiger partial charge in [0.1, 0.15) is 29.2 Å². The van der Waals surface area contributed by atoms with Gasteiger partial charge in [0.05, 0.1) is 37.4 Å². The molecule has 0 spiro atoms. The lowest BCUT2D eigenvalue weighted by Gasteiger charge is -2.30. The van der Waals surface area contributed by atoms with Crippen LogP contribution in [0.4, 0.5) is 19.0 Å². The Morgan fingerprint density at radius 1 is 1.03 bits per heavy atom. The number of ether oxygens (including phenoxy) is 4. The van der Waals surface area contributed by atoms with Crippen molar-refractivity contribution in [2.45, 2.75) is 51.4 Å². The Balaban J connectivity index is 2.05. The summed E-state index contributed by atoms with van der Waals surface area (Å²) >= 11 is 0. The third kappa shape index (κ3) is 6.11. The molecule has 11 heteroatoms. The maximum absolute atomic E-state index is 15.4. The Morgan fingerprint density at radius 2 is 1.68 bits per heavy atom. The number of nitrogens with one attached hydrogen (secondary N) is 1. The standard InChI is InChI=1S/C27H34F3N3O5/c1-15(18-9-8-10-20(24(18)28)27(29,30)26(3,4)34)31-25-19-11-23(38-17(13-35-5)14-36-6)22(37-7)12-21(19)32-16(2)33-25/h8-12,15,17,34H,13-14H2,1-7H3,(H,31,32,33)/t15-/m1/s1. The monoisotopic (exact) mass is 537 g/mol. The molecule has 0 radical (unpaired) electrons. The summed E-state index contributed by atoms with van der Waals surface area (Å²) in [6.45, 7) is 5.74. The van der Waals surface area contributed by atoms with E-state index in [9.17, 15) is 13.9 Å². The molecule has 3 aromatic rings. The van der Waals surface area contributed by atoms with E-state index in [1.807, 2.05) is 0 Å². The molecule has 0 fully saturated rings. The molecule has 0 amide bonds. The zero-order valence-electron chi connectivity index (χ0n) is 22.6. The number of aromatic nitrogens is 2. The summed E-state index contributed by atoms with van der Waals surface area (Å²) < 4.78 is 67.0. The number of anilines is 1. The van der Waals surface area contributed by atoms with Gasteiger partial charge >= 0.3 is 5.92 Å². The van der Waals surface area contributed by atoms with E-state index in [1.165, 1.54) is 19.2 Å². The second-order valence-corrected chi connectivity index (χ2v) is 9.50. The minimum Gasteiger partial charge on any atom is -0.493 e. The summed E-state index contributed by atoms with van der Waals surface area (Å²) in [6, 6.07) is 6.32. The predicted molar refractivity (Wildman–Crippen MR) is 138 cm³/mol. The lowest BCUT2D eigenvalue weighted by Crippen LogP contribution is -2.41. The van der Waals surface area contributed by atoms with Crippen molar-refractivity contribution in [3.63, 3.8) is 0 Å². The van der Waals surface area contributed by atoms with Crippen LogP contribution in [-0.4, -0.2) is 61.3 Å². The van der Waals surface area contributed by atoms with E-state index in [0.717, 1.165) is 19.9 Å². The molecule has 1 aromatic heterocycles. The number of methoxy groups -OCH3 is 3. The average molecular weight is 538 g/mol. The van der Waals surface area contributed by atoms with E-state index < -0.39 is 35.1 Å². The molecule has 0 aliphatic heterocycles. The van der Waals surface area contributed by atoms with Crippen molar-refractivity contribution in [3.05, 3.63) is 53.1 Å². The first-order valence-electron chi connectivity index (χ1n) is 12.0. The van der Waals surface area contributed by atoms with Crippen LogP contribution in [0.1, 0.15) is 43.8 Å². The molecule has 0 saturated heterocycles. The maximum atomic E-state index is 15.4. The number of hydrogen-bond donors (Lipinski definition) is 2. The van der Waals surface area contributed by atoms with Gasteiger partial charge in [-0.3, -0.25) is 0 Å². The number of aryl methyl sites for hydroxylation is 1. The van der Waals surface area contributed by atoms with Crippen LogP contribution in [0.2, 0.25) is 0 Å². The van der Waals surface area contributed by atoms with Crippen molar-refractivity contribution in [3.8, 4) is 11.5 Å². The summed E-state index contributed by atoms with van der Waals surface area (Å²) in [5.41, 5.74) is -2.82. The van der Waals surface area contributed by atoms with E-state index in [1.54, 1.807) is 40.2 Å². The highest BCUT2D eigenvalue weighted by atomic mass is 19.3. The Hall–Kier alpha value is -3.15. The van der Waals surface area contributed by atoms with Gasteiger partial charge in [0, 0.05) is 31.2 Å². The maximum Gasteiger partial charge on any atom is 0.303 e. The largest absolute Gasteiger partial charge is 0.493 e. The van der Waals surface area contributed by atoms with Gasteiger partial charge in [-0.05, 0) is 39.8 Å². The lowest BCUT2D eigenvalue weighted by molar-refractivity contribution is -0.170. The van der Waals surface area contributed by atoms with E-state index in [0.29, 0.717) is 34.0 Å². The Morgan fingerprint density at radius 3 is 2.26 bits per heavy atom. The highest BCUT2D eigenvalue weighted by Crippen LogP contribution is 2.42. The molecule has 1 heterocycles. The molecule has 8 nitrogen and oxygen atoms in total. The SMILES string of the molecule is COCC(COC)Oc1cc2c(N[C@H](C)c3cccc(C(F)(F)C(C)(C)O)c3F)nc(C)nc2cc1OC. The van der Waals surface area contributed by atoms with Crippen LogP contribution >= 0.6 is 0 Å². The highest BCUT2D eigenvalue weighted by molar-refractivity contribution is 5.92. The van der Waals surface area contributed by atoms with Crippen LogP contribution in [0.15, 0.2) is 30.3 Å². The first-order chi connectivity index (χ1) is 17.8. The number of aliphatic hydroxyl groups is 1. The quantitative estimate of drug-likeness (QED) is 0.327. The minimum atomic E-state index is -3.81. The summed E-state index contributed by atoms with van der Waals surface area (Å²) in [5, 5.41) is 13.6. The zero-order chi connectivity index (χ0) is 28.3. The fraction of sp³-hybridized carbons (Fsp3) is 0.481. The van der Waals surface area contributed by atoms with Crippen LogP contribution in [0, 0.1) is 12.7 Å². The Bertz CT molecular complexity index is 1260. The van der Waals surface area contributed by atoms with E-state index >= 15 is 4.39 Å². The number of hydrogen-bond acceptors (Lipinski definition) is 8. The molecule has 3 rings (SSSR count). The number of fused-ring (bicyclic) bond motifs is 1. The third-order valence-corrected chi connectivity index (χ3v) is 6.05. The first kappa shape index (κ1) is 29.4. The van der Waals surface area contributed by atoms with Crippen molar-refractivity contribution < 1.29 is 37.2 Å². The number of nitrogens with zero attached hydrogens (tertiary/aromatic N) is 2. The molecule has 0 bridgehead atoms. The summed E-state index contributed by atoms with van der Waals surface area (Å²) in [5.74, 6) is -3.32. The molecule has 1 atom stereocenters. The molecule has 2 aromatic carbocycles. The van der Waals surface area contributed by atoms with Crippen LogP contribution < -0.4 is 14.8 Å². The summed E-state index contributed by atoms with van der Waals surface area (Å²) in [4.78, 5) is 8.95. The van der Waals surface area contributed by atoms with Crippen LogP contribution in [0.5, 0.6) is 11.5 Å². The van der Waals surface area contributed by atoms with Crippen LogP contribution in [0.3, 0.4) is 0 Å². The molecular weight excluding hydrogens is 503 g/mol. The molecular formula is C27H34F3N3O5. The molecule has 38 heavy (non-hydrogen) atoms. The minimum absolute atomic E-state index is 0.0129. The number of benzene rings is 2. The van der Waals surface area contributed by atoms with Gasteiger partial charge in [0.25, 0.3) is 0 Å². The summed E-state index contributed by atoms with van der Waals surface area (Å²) in [7, 11) is 4.61. The zero-order valence-corrected chi connectivity index (χ0v) is 22.6. The molecule has 0 saturated carbocycles.